The van der Waals surface area contributed by atoms with Crippen LogP contribution >= 0.6 is 0 Å². The van der Waals surface area contributed by atoms with E-state index in [-0.39, 0.29) is 0 Å². The molecule has 0 heterocycles. The van der Waals surface area contributed by atoms with Crippen LogP contribution in [0.15, 0.2) is 60.2 Å². The van der Waals surface area contributed by atoms with E-state index in [2.05, 4.69) is 12.1 Å². The van der Waals surface area contributed by atoms with Crippen molar-refractivity contribution in [1.82, 2.24) is 0 Å². The molecule has 0 unspecified atom stereocenters. The Morgan fingerprint density at radius 1 is 1.00 bits per heavy atom. The van der Waals surface area contributed by atoms with Crippen molar-refractivity contribution in [2.75, 3.05) is 7.11 Å². The van der Waals surface area contributed by atoms with Crippen LogP contribution in [0.4, 0.5) is 0 Å². The summed E-state index contributed by atoms with van der Waals surface area (Å²) in [5.41, 5.74) is 4.02. The van der Waals surface area contributed by atoms with E-state index in [9.17, 15) is 5.11 Å². The van der Waals surface area contributed by atoms with Gasteiger partial charge in [-0.25, -0.2) is 0 Å². The molecule has 0 aromatic heterocycles. The van der Waals surface area contributed by atoms with Gasteiger partial charge >= 0.3 is 0 Å². The molecule has 0 saturated heterocycles. The topological polar surface area (TPSA) is 29.5 Å². The van der Waals surface area contributed by atoms with Crippen molar-refractivity contribution in [2.24, 2.45) is 0 Å². The number of ether oxygens (including phenoxy) is 1. The van der Waals surface area contributed by atoms with Gasteiger partial charge in [-0.3, -0.25) is 0 Å². The minimum atomic E-state index is -0.620. The molecule has 0 bridgehead atoms. The molecule has 2 aromatic carbocycles. The van der Waals surface area contributed by atoms with Crippen molar-refractivity contribution in [1.29, 1.82) is 0 Å². The first-order valence-corrected chi connectivity index (χ1v) is 6.68. The number of aliphatic hydroxyl groups excluding tert-OH is 1. The molecule has 20 heavy (non-hydrogen) atoms. The first-order valence-electron chi connectivity index (χ1n) is 6.68. The van der Waals surface area contributed by atoms with Crippen LogP contribution in [0, 0.1) is 0 Å². The van der Waals surface area contributed by atoms with E-state index in [1.165, 1.54) is 0 Å². The van der Waals surface area contributed by atoms with Crippen LogP contribution in [0.2, 0.25) is 0 Å². The molecule has 0 fully saturated rings. The third kappa shape index (κ3) is 3.09. The smallest absolute Gasteiger partial charge is 0.119 e. The zero-order valence-corrected chi connectivity index (χ0v) is 12.1. The maximum absolute atomic E-state index is 10.5. The van der Waals surface area contributed by atoms with E-state index >= 15 is 0 Å². The van der Waals surface area contributed by atoms with Gasteiger partial charge in [0.1, 0.15) is 11.9 Å². The molecule has 0 aliphatic heterocycles. The summed E-state index contributed by atoms with van der Waals surface area (Å²) in [5, 5.41) is 10.5. The Hall–Kier alpha value is -2.06. The predicted molar refractivity (Wildman–Crippen MR) is 82.7 cm³/mol. The van der Waals surface area contributed by atoms with Crippen molar-refractivity contribution < 1.29 is 9.84 Å². The molecule has 1 N–H and O–H groups in total. The first-order chi connectivity index (χ1) is 9.63. The molecular formula is C18H20O2. The SMILES string of the molecule is COc1cccc([C@H](O)/C(C)=C(\C)c2ccccc2)c1. The zero-order valence-electron chi connectivity index (χ0n) is 12.1. The van der Waals surface area contributed by atoms with Crippen molar-refractivity contribution in [3.05, 3.63) is 71.3 Å². The average Bonchev–Trinajstić information content (AvgIpc) is 2.53. The number of allylic oxidation sites excluding steroid dienone is 1. The quantitative estimate of drug-likeness (QED) is 0.899. The van der Waals surface area contributed by atoms with E-state index in [1.54, 1.807) is 7.11 Å². The second-order valence-electron chi connectivity index (χ2n) is 4.85. The van der Waals surface area contributed by atoms with Gasteiger partial charge in [-0.05, 0) is 48.3 Å². The molecule has 0 spiro atoms. The van der Waals surface area contributed by atoms with Crippen LogP contribution in [0.5, 0.6) is 5.75 Å². The van der Waals surface area contributed by atoms with Gasteiger partial charge in [-0.2, -0.15) is 0 Å². The lowest BCUT2D eigenvalue weighted by Crippen LogP contribution is -2.01. The van der Waals surface area contributed by atoms with Crippen LogP contribution < -0.4 is 4.74 Å². The molecule has 2 nitrogen and oxygen atoms in total. The summed E-state index contributed by atoms with van der Waals surface area (Å²) in [7, 11) is 1.63. The monoisotopic (exact) mass is 268 g/mol. The minimum absolute atomic E-state index is 0.620. The van der Waals surface area contributed by atoms with Gasteiger partial charge in [0.2, 0.25) is 0 Å². The predicted octanol–water partition coefficient (Wildman–Crippen LogP) is 4.22. The summed E-state index contributed by atoms with van der Waals surface area (Å²) in [4.78, 5) is 0. The second kappa shape index (κ2) is 6.40. The minimum Gasteiger partial charge on any atom is -0.497 e. The van der Waals surface area contributed by atoms with Gasteiger partial charge < -0.3 is 9.84 Å². The fraction of sp³-hybridized carbons (Fsp3) is 0.222. The van der Waals surface area contributed by atoms with E-state index < -0.39 is 6.10 Å². The van der Waals surface area contributed by atoms with E-state index in [0.717, 1.165) is 28.0 Å². The molecule has 0 amide bonds. The second-order valence-corrected chi connectivity index (χ2v) is 4.85. The molecule has 0 aliphatic rings. The van der Waals surface area contributed by atoms with Crippen molar-refractivity contribution in [3.8, 4) is 5.75 Å². The maximum atomic E-state index is 10.5. The summed E-state index contributed by atoms with van der Waals surface area (Å²) in [6, 6.07) is 17.6. The molecule has 0 saturated carbocycles. The molecule has 0 aliphatic carbocycles. The van der Waals surface area contributed by atoms with Crippen molar-refractivity contribution >= 4 is 5.57 Å². The summed E-state index contributed by atoms with van der Waals surface area (Å²) in [6.45, 7) is 4.00. The Morgan fingerprint density at radius 2 is 1.70 bits per heavy atom. The van der Waals surface area contributed by atoms with Crippen LogP contribution in [0.3, 0.4) is 0 Å². The van der Waals surface area contributed by atoms with Crippen LogP contribution in [0.25, 0.3) is 5.57 Å². The number of hydrogen-bond acceptors (Lipinski definition) is 2. The standard InChI is InChI=1S/C18H20O2/c1-13(15-8-5-4-6-9-15)14(2)18(19)16-10-7-11-17(12-16)20-3/h4-12,18-19H,1-3H3/b14-13+/t18-/m1/s1. The number of hydrogen-bond donors (Lipinski definition) is 1. The van der Waals surface area contributed by atoms with Crippen LogP contribution in [0.1, 0.15) is 31.1 Å². The molecular weight excluding hydrogens is 248 g/mol. The molecule has 2 heteroatoms. The lowest BCUT2D eigenvalue weighted by molar-refractivity contribution is 0.216. The van der Waals surface area contributed by atoms with Crippen molar-refractivity contribution in [2.45, 2.75) is 20.0 Å². The molecule has 104 valence electrons. The van der Waals surface area contributed by atoms with E-state index in [0.29, 0.717) is 0 Å². The number of benzene rings is 2. The van der Waals surface area contributed by atoms with Gasteiger partial charge in [0, 0.05) is 0 Å². The van der Waals surface area contributed by atoms with E-state index in [1.807, 2.05) is 56.3 Å². The van der Waals surface area contributed by atoms with Crippen molar-refractivity contribution in [3.63, 3.8) is 0 Å². The Kier molecular flexibility index (Phi) is 4.59. The number of aliphatic hydroxyl groups is 1. The highest BCUT2D eigenvalue weighted by Crippen LogP contribution is 2.29. The largest absolute Gasteiger partial charge is 0.497 e. The normalized spacial score (nSPS) is 13.6. The zero-order chi connectivity index (χ0) is 14.5. The lowest BCUT2D eigenvalue weighted by atomic mass is 9.95. The fourth-order valence-corrected chi connectivity index (χ4v) is 2.18. The summed E-state index contributed by atoms with van der Waals surface area (Å²) < 4.78 is 5.20. The summed E-state index contributed by atoms with van der Waals surface area (Å²) >= 11 is 0. The third-order valence-corrected chi connectivity index (χ3v) is 3.62. The van der Waals surface area contributed by atoms with Gasteiger partial charge in [0.05, 0.1) is 7.11 Å². The Morgan fingerprint density at radius 3 is 2.35 bits per heavy atom. The number of methoxy groups -OCH3 is 1. The molecule has 2 rings (SSSR count). The molecule has 2 aromatic rings. The highest BCUT2D eigenvalue weighted by atomic mass is 16.5. The van der Waals surface area contributed by atoms with Crippen LogP contribution in [-0.4, -0.2) is 12.2 Å². The van der Waals surface area contributed by atoms with Crippen LogP contribution in [-0.2, 0) is 0 Å². The molecule has 1 atom stereocenters. The van der Waals surface area contributed by atoms with E-state index in [4.69, 9.17) is 4.74 Å². The maximum Gasteiger partial charge on any atom is 0.119 e. The summed E-state index contributed by atoms with van der Waals surface area (Å²) in [5.74, 6) is 0.756. The highest BCUT2D eigenvalue weighted by Gasteiger charge is 2.13. The fourth-order valence-electron chi connectivity index (χ4n) is 2.18. The number of rotatable bonds is 4. The lowest BCUT2D eigenvalue weighted by Gasteiger charge is -2.16. The summed E-state index contributed by atoms with van der Waals surface area (Å²) in [6.07, 6.45) is -0.620. The third-order valence-electron chi connectivity index (χ3n) is 3.62. The van der Waals surface area contributed by atoms with Gasteiger partial charge in [0.25, 0.3) is 0 Å². The molecule has 0 radical (unpaired) electrons. The first kappa shape index (κ1) is 14.4. The Bertz CT molecular complexity index is 600. The Balaban J connectivity index is 2.34. The van der Waals surface area contributed by atoms with Gasteiger partial charge in [-0.15, -0.1) is 0 Å². The Labute approximate surface area is 120 Å². The van der Waals surface area contributed by atoms with Gasteiger partial charge in [0.15, 0.2) is 0 Å². The van der Waals surface area contributed by atoms with Gasteiger partial charge in [-0.1, -0.05) is 42.5 Å². The highest BCUT2D eigenvalue weighted by molar-refractivity contribution is 5.67. The average molecular weight is 268 g/mol.